The van der Waals surface area contributed by atoms with Gasteiger partial charge in [0.25, 0.3) is 0 Å². The number of thiophene rings is 1. The lowest BCUT2D eigenvalue weighted by Gasteiger charge is -2.15. The van der Waals surface area contributed by atoms with Crippen LogP contribution in [0.5, 0.6) is 0 Å². The molecule has 9 aromatic carbocycles. The molecule has 264 valence electrons. The lowest BCUT2D eigenvalue weighted by atomic mass is 9.97. The molecule has 13 aromatic rings. The van der Waals surface area contributed by atoms with Crippen molar-refractivity contribution in [1.82, 2.24) is 19.1 Å². The van der Waals surface area contributed by atoms with Gasteiger partial charge in [0.1, 0.15) is 0 Å². The standard InChI is InChI=1S/C52H30N4S/c1-2-17-32(18-3-1)55-42-27-13-9-23-37(42)45-34-20-6-7-21-35(34)46-38-24-10-14-28-43(38)56(50(46)49(45)55)52-53-41-26-12-8-22-36(41)48(54-52)40-30-31-16-4-5-19-33(31)47-39-25-11-15-29-44(39)57-51(40)47/h1-30H. The molecule has 0 saturated carbocycles. The van der Waals surface area contributed by atoms with Crippen LogP contribution in [0.25, 0.3) is 119 Å². The molecule has 0 fully saturated rings. The van der Waals surface area contributed by atoms with Crippen molar-refractivity contribution >= 4 is 108 Å². The van der Waals surface area contributed by atoms with Gasteiger partial charge in [0.15, 0.2) is 0 Å². The van der Waals surface area contributed by atoms with Crippen LogP contribution in [0.3, 0.4) is 0 Å². The summed E-state index contributed by atoms with van der Waals surface area (Å²) in [7, 11) is 0. The quantitative estimate of drug-likeness (QED) is 0.181. The van der Waals surface area contributed by atoms with Gasteiger partial charge in [0.2, 0.25) is 5.95 Å². The van der Waals surface area contributed by atoms with Crippen molar-refractivity contribution in [1.29, 1.82) is 0 Å². The molecule has 0 unspecified atom stereocenters. The Morgan fingerprint density at radius 2 is 0.947 bits per heavy atom. The number of hydrogen-bond donors (Lipinski definition) is 0. The van der Waals surface area contributed by atoms with Crippen LogP contribution >= 0.6 is 11.3 Å². The summed E-state index contributed by atoms with van der Waals surface area (Å²) >= 11 is 1.85. The molecule has 0 aliphatic rings. The Balaban J connectivity index is 1.25. The minimum absolute atomic E-state index is 0.652. The fourth-order valence-corrected chi connectivity index (χ4v) is 10.8. The van der Waals surface area contributed by atoms with Crippen LogP contribution in [0, 0.1) is 0 Å². The maximum absolute atomic E-state index is 5.73. The van der Waals surface area contributed by atoms with Crippen molar-refractivity contribution in [2.24, 2.45) is 0 Å². The van der Waals surface area contributed by atoms with Crippen molar-refractivity contribution in [3.63, 3.8) is 0 Å². The predicted octanol–water partition coefficient (Wildman–Crippen LogP) is 14.2. The fraction of sp³-hybridized carbons (Fsp3) is 0. The van der Waals surface area contributed by atoms with Crippen LogP contribution < -0.4 is 0 Å². The summed E-state index contributed by atoms with van der Waals surface area (Å²) < 4.78 is 7.30. The Morgan fingerprint density at radius 1 is 0.404 bits per heavy atom. The Bertz CT molecular complexity index is 3810. The number of para-hydroxylation sites is 4. The van der Waals surface area contributed by atoms with Crippen molar-refractivity contribution in [3.05, 3.63) is 182 Å². The zero-order chi connectivity index (χ0) is 37.2. The van der Waals surface area contributed by atoms with E-state index in [4.69, 9.17) is 9.97 Å². The molecule has 0 saturated heterocycles. The summed E-state index contributed by atoms with van der Waals surface area (Å²) in [6, 6.07) is 65.6. The van der Waals surface area contributed by atoms with E-state index in [1.807, 2.05) is 11.3 Å². The van der Waals surface area contributed by atoms with Crippen LogP contribution in [0.15, 0.2) is 182 Å². The molecule has 4 nitrogen and oxygen atoms in total. The lowest BCUT2D eigenvalue weighted by molar-refractivity contribution is 1.01. The monoisotopic (exact) mass is 742 g/mol. The van der Waals surface area contributed by atoms with Gasteiger partial charge in [-0.1, -0.05) is 140 Å². The lowest BCUT2D eigenvalue weighted by Crippen LogP contribution is -2.05. The number of fused-ring (bicyclic) bond motifs is 16. The molecule has 13 rings (SSSR count). The zero-order valence-corrected chi connectivity index (χ0v) is 31.3. The Labute approximate surface area is 330 Å². The van der Waals surface area contributed by atoms with Gasteiger partial charge in [-0.2, -0.15) is 0 Å². The normalized spacial score (nSPS) is 12.2. The van der Waals surface area contributed by atoms with Crippen molar-refractivity contribution in [3.8, 4) is 22.9 Å². The highest BCUT2D eigenvalue weighted by molar-refractivity contribution is 7.26. The molecular formula is C52H30N4S. The number of nitrogens with zero attached hydrogens (tertiary/aromatic N) is 4. The topological polar surface area (TPSA) is 35.6 Å². The second-order valence-corrected chi connectivity index (χ2v) is 15.9. The maximum atomic E-state index is 5.73. The average Bonchev–Trinajstić information content (AvgIpc) is 3.95. The first-order chi connectivity index (χ1) is 28.3. The highest BCUT2D eigenvalue weighted by Gasteiger charge is 2.26. The summed E-state index contributed by atoms with van der Waals surface area (Å²) in [5.74, 6) is 0.652. The second-order valence-electron chi connectivity index (χ2n) is 14.9. The third kappa shape index (κ3) is 4.21. The summed E-state index contributed by atoms with van der Waals surface area (Å²) in [5.41, 5.74) is 8.55. The molecule has 0 amide bonds. The number of rotatable bonds is 3. The van der Waals surface area contributed by atoms with Crippen LogP contribution in [-0.4, -0.2) is 19.1 Å². The van der Waals surface area contributed by atoms with E-state index in [0.29, 0.717) is 5.95 Å². The fourth-order valence-electron chi connectivity index (χ4n) is 9.57. The highest BCUT2D eigenvalue weighted by atomic mass is 32.1. The predicted molar refractivity (Wildman–Crippen MR) is 242 cm³/mol. The summed E-state index contributed by atoms with van der Waals surface area (Å²) in [5, 5.41) is 13.3. The van der Waals surface area contributed by atoms with Gasteiger partial charge in [0.05, 0.1) is 33.3 Å². The zero-order valence-electron chi connectivity index (χ0n) is 30.5. The van der Waals surface area contributed by atoms with Gasteiger partial charge in [-0.3, -0.25) is 4.57 Å². The van der Waals surface area contributed by atoms with Gasteiger partial charge < -0.3 is 4.57 Å². The van der Waals surface area contributed by atoms with Crippen LogP contribution in [0.2, 0.25) is 0 Å². The molecular weight excluding hydrogens is 713 g/mol. The number of hydrogen-bond acceptors (Lipinski definition) is 3. The van der Waals surface area contributed by atoms with E-state index < -0.39 is 0 Å². The third-order valence-corrected chi connectivity index (χ3v) is 13.1. The first-order valence-corrected chi connectivity index (χ1v) is 20.2. The van der Waals surface area contributed by atoms with E-state index in [0.717, 1.165) is 49.9 Å². The van der Waals surface area contributed by atoms with Crippen molar-refractivity contribution in [2.45, 2.75) is 0 Å². The van der Waals surface area contributed by atoms with Crippen LogP contribution in [-0.2, 0) is 0 Å². The van der Waals surface area contributed by atoms with E-state index in [9.17, 15) is 0 Å². The van der Waals surface area contributed by atoms with Crippen molar-refractivity contribution < 1.29 is 0 Å². The van der Waals surface area contributed by atoms with E-state index in [1.54, 1.807) is 0 Å². The minimum Gasteiger partial charge on any atom is -0.307 e. The summed E-state index contributed by atoms with van der Waals surface area (Å²) in [6.45, 7) is 0. The average molecular weight is 743 g/mol. The van der Waals surface area contributed by atoms with Crippen LogP contribution in [0.4, 0.5) is 0 Å². The smallest absolute Gasteiger partial charge is 0.235 e. The summed E-state index contributed by atoms with van der Waals surface area (Å²) in [4.78, 5) is 11.2. The second kappa shape index (κ2) is 11.6. The van der Waals surface area contributed by atoms with E-state index in [-0.39, 0.29) is 0 Å². The highest BCUT2D eigenvalue weighted by Crippen LogP contribution is 2.48. The molecule has 0 spiro atoms. The van der Waals surface area contributed by atoms with Gasteiger partial charge in [-0.05, 0) is 64.0 Å². The van der Waals surface area contributed by atoms with Gasteiger partial charge >= 0.3 is 0 Å². The first-order valence-electron chi connectivity index (χ1n) is 19.3. The van der Waals surface area contributed by atoms with E-state index in [1.165, 1.54) is 63.3 Å². The minimum atomic E-state index is 0.652. The third-order valence-electron chi connectivity index (χ3n) is 11.9. The molecule has 0 aliphatic carbocycles. The Morgan fingerprint density at radius 3 is 1.68 bits per heavy atom. The number of benzene rings is 9. The molecule has 0 radical (unpaired) electrons. The molecule has 0 aliphatic heterocycles. The summed E-state index contributed by atoms with van der Waals surface area (Å²) in [6.07, 6.45) is 0. The Hall–Kier alpha value is -7.34. The molecule has 57 heavy (non-hydrogen) atoms. The van der Waals surface area contributed by atoms with Gasteiger partial charge in [0, 0.05) is 58.4 Å². The maximum Gasteiger partial charge on any atom is 0.235 e. The molecule has 0 atom stereocenters. The van der Waals surface area contributed by atoms with E-state index in [2.05, 4.69) is 191 Å². The molecule has 4 aromatic heterocycles. The van der Waals surface area contributed by atoms with E-state index >= 15 is 0 Å². The Kier molecular flexibility index (Phi) is 6.29. The van der Waals surface area contributed by atoms with Gasteiger partial charge in [-0.15, -0.1) is 11.3 Å². The molecule has 4 heterocycles. The van der Waals surface area contributed by atoms with Gasteiger partial charge in [-0.25, -0.2) is 9.97 Å². The largest absolute Gasteiger partial charge is 0.307 e. The first kappa shape index (κ1) is 30.9. The SMILES string of the molecule is c1ccc(-n2c3ccccc3c3c4ccccc4c4c5ccccc5n(-c5nc(-c6cc7ccccc7c7c6sc6ccccc67)c6ccccc6n5)c4c32)cc1. The number of aromatic nitrogens is 4. The van der Waals surface area contributed by atoms with Crippen molar-refractivity contribution in [2.75, 3.05) is 0 Å². The molecule has 0 bridgehead atoms. The molecule has 5 heteroatoms. The molecule has 0 N–H and O–H groups in total. The van der Waals surface area contributed by atoms with Crippen LogP contribution in [0.1, 0.15) is 0 Å².